The molecular formula is C43H36N2. The van der Waals surface area contributed by atoms with Crippen LogP contribution in [0.3, 0.4) is 0 Å². The van der Waals surface area contributed by atoms with Crippen molar-refractivity contribution >= 4 is 0 Å². The third-order valence-corrected chi connectivity index (χ3v) is 11.1. The van der Waals surface area contributed by atoms with Gasteiger partial charge in [-0.1, -0.05) is 126 Å². The average Bonchev–Trinajstić information content (AvgIpc) is 3.53. The molecule has 0 amide bonds. The highest BCUT2D eigenvalue weighted by Gasteiger charge is 2.40. The summed E-state index contributed by atoms with van der Waals surface area (Å²) in [6, 6.07) is 40.3. The van der Waals surface area contributed by atoms with Crippen molar-refractivity contribution < 1.29 is 0 Å². The molecule has 0 N–H and O–H groups in total. The van der Waals surface area contributed by atoms with Crippen molar-refractivity contribution in [3.05, 3.63) is 143 Å². The number of benzene rings is 4. The minimum Gasteiger partial charge on any atom is -0.246 e. The molecule has 2 aromatic heterocycles. The van der Waals surface area contributed by atoms with Crippen LogP contribution in [0.1, 0.15) is 74.9 Å². The Bertz CT molecular complexity index is 2090. The van der Waals surface area contributed by atoms with Crippen molar-refractivity contribution in [1.82, 2.24) is 9.97 Å². The van der Waals surface area contributed by atoms with E-state index in [4.69, 9.17) is 9.97 Å². The predicted octanol–water partition coefficient (Wildman–Crippen LogP) is 10.7. The highest BCUT2D eigenvalue weighted by atomic mass is 14.8. The van der Waals surface area contributed by atoms with Gasteiger partial charge in [0, 0.05) is 27.4 Å². The highest BCUT2D eigenvalue weighted by molar-refractivity contribution is 5.86. The van der Waals surface area contributed by atoms with Gasteiger partial charge in [-0.3, -0.25) is 0 Å². The minimum absolute atomic E-state index is 0.0461. The van der Waals surface area contributed by atoms with E-state index >= 15 is 0 Å². The van der Waals surface area contributed by atoms with Crippen molar-refractivity contribution in [2.45, 2.75) is 57.8 Å². The molecule has 3 aliphatic rings. The molecule has 0 fully saturated rings. The van der Waals surface area contributed by atoms with E-state index in [1.165, 1.54) is 55.6 Å². The van der Waals surface area contributed by atoms with Crippen molar-refractivity contribution in [2.75, 3.05) is 0 Å². The summed E-state index contributed by atoms with van der Waals surface area (Å²) in [6.45, 7) is 13.9. The lowest BCUT2D eigenvalue weighted by molar-refractivity contribution is 0.658. The van der Waals surface area contributed by atoms with Crippen LogP contribution in [0.5, 0.6) is 0 Å². The number of fused-ring (bicyclic) bond motifs is 9. The van der Waals surface area contributed by atoms with Gasteiger partial charge in [0.05, 0.1) is 22.8 Å². The summed E-state index contributed by atoms with van der Waals surface area (Å²) in [4.78, 5) is 10.7. The number of nitrogens with zero attached hydrogens (tertiary/aromatic N) is 2. The van der Waals surface area contributed by atoms with Crippen molar-refractivity contribution in [3.8, 4) is 56.2 Å². The molecule has 2 heteroatoms. The molecule has 0 aliphatic heterocycles. The molecule has 0 unspecified atom stereocenters. The number of pyridine rings is 2. The zero-order valence-electron chi connectivity index (χ0n) is 26.8. The first-order valence-corrected chi connectivity index (χ1v) is 16.1. The van der Waals surface area contributed by atoms with Crippen LogP contribution < -0.4 is 0 Å². The normalized spacial score (nSPS) is 16.8. The summed E-state index contributed by atoms with van der Waals surface area (Å²) in [6.07, 6.45) is 0. The first-order chi connectivity index (χ1) is 21.6. The minimum atomic E-state index is -0.162. The van der Waals surface area contributed by atoms with Gasteiger partial charge in [-0.15, -0.1) is 0 Å². The van der Waals surface area contributed by atoms with Gasteiger partial charge < -0.3 is 0 Å². The van der Waals surface area contributed by atoms with Crippen LogP contribution in [0, 0.1) is 0 Å². The summed E-state index contributed by atoms with van der Waals surface area (Å²) < 4.78 is 0. The Morgan fingerprint density at radius 3 is 1.18 bits per heavy atom. The van der Waals surface area contributed by atoms with Gasteiger partial charge in [-0.2, -0.15) is 0 Å². The van der Waals surface area contributed by atoms with E-state index in [0.29, 0.717) is 0 Å². The van der Waals surface area contributed by atoms with Crippen LogP contribution in [0.2, 0.25) is 0 Å². The molecule has 0 radical (unpaired) electrons. The summed E-state index contributed by atoms with van der Waals surface area (Å²) in [7, 11) is 0. The van der Waals surface area contributed by atoms with E-state index in [0.717, 1.165) is 33.9 Å². The third-order valence-electron chi connectivity index (χ3n) is 11.1. The number of aromatic nitrogens is 2. The van der Waals surface area contributed by atoms with Gasteiger partial charge in [0.2, 0.25) is 0 Å². The van der Waals surface area contributed by atoms with E-state index in [1.54, 1.807) is 0 Å². The first-order valence-electron chi connectivity index (χ1n) is 16.1. The molecule has 3 aliphatic carbocycles. The SMILES string of the molecule is CC1(C)c2ccccc2-c2ccc(-c3ccc4c(n3)-c3nc(-c5ccc6c(c5)C(C)(C)c5ccccc5-6)ccc3C4(C)C)cc21. The van der Waals surface area contributed by atoms with E-state index < -0.39 is 0 Å². The maximum atomic E-state index is 5.36. The Morgan fingerprint density at radius 1 is 0.356 bits per heavy atom. The lowest BCUT2D eigenvalue weighted by Crippen LogP contribution is -2.15. The summed E-state index contributed by atoms with van der Waals surface area (Å²) in [5.41, 5.74) is 19.4. The molecule has 0 spiro atoms. The molecule has 45 heavy (non-hydrogen) atoms. The molecule has 0 saturated heterocycles. The second-order valence-electron chi connectivity index (χ2n) is 14.7. The second-order valence-corrected chi connectivity index (χ2v) is 14.7. The Labute approximate surface area is 265 Å². The van der Waals surface area contributed by atoms with Gasteiger partial charge in [-0.25, -0.2) is 9.97 Å². The maximum Gasteiger partial charge on any atom is 0.0937 e. The molecule has 0 bridgehead atoms. The molecule has 6 aromatic rings. The van der Waals surface area contributed by atoms with E-state index in [-0.39, 0.29) is 16.2 Å². The topological polar surface area (TPSA) is 25.8 Å². The summed E-state index contributed by atoms with van der Waals surface area (Å²) in [5, 5.41) is 0. The maximum absolute atomic E-state index is 5.36. The smallest absolute Gasteiger partial charge is 0.0937 e. The molecule has 2 heterocycles. The zero-order chi connectivity index (χ0) is 30.9. The van der Waals surface area contributed by atoms with Gasteiger partial charge >= 0.3 is 0 Å². The van der Waals surface area contributed by atoms with Crippen LogP contribution in [0.4, 0.5) is 0 Å². The summed E-state index contributed by atoms with van der Waals surface area (Å²) in [5.74, 6) is 0. The number of rotatable bonds is 2. The van der Waals surface area contributed by atoms with Gasteiger partial charge in [0.25, 0.3) is 0 Å². The predicted molar refractivity (Wildman–Crippen MR) is 186 cm³/mol. The molecule has 9 rings (SSSR count). The van der Waals surface area contributed by atoms with E-state index in [2.05, 4.69) is 151 Å². The molecule has 0 atom stereocenters. The Balaban J connectivity index is 1.15. The Morgan fingerprint density at radius 2 is 0.733 bits per heavy atom. The fraction of sp³-hybridized carbons (Fsp3) is 0.209. The fourth-order valence-electron chi connectivity index (χ4n) is 8.48. The van der Waals surface area contributed by atoms with Crippen LogP contribution in [-0.4, -0.2) is 9.97 Å². The third kappa shape index (κ3) is 3.46. The number of hydrogen-bond donors (Lipinski definition) is 0. The molecule has 0 saturated carbocycles. The standard InChI is InChI=1S/C43H36N2/c1-41(2)31-13-9-7-11-27(31)29-17-15-25(23-35(29)41)37-21-19-33-39(44-37)40-34(43(33,5)6)20-22-38(45-40)26-16-18-30-28-12-8-10-14-32(28)42(3,4)36(30)24-26/h7-24H,1-6H3. The summed E-state index contributed by atoms with van der Waals surface area (Å²) >= 11 is 0. The van der Waals surface area contributed by atoms with Crippen LogP contribution in [0.25, 0.3) is 56.2 Å². The second kappa shape index (κ2) is 8.67. The van der Waals surface area contributed by atoms with Gasteiger partial charge in [0.1, 0.15) is 0 Å². The van der Waals surface area contributed by atoms with Crippen LogP contribution in [-0.2, 0) is 16.2 Å². The largest absolute Gasteiger partial charge is 0.246 e. The van der Waals surface area contributed by atoms with E-state index in [1.807, 2.05) is 0 Å². The van der Waals surface area contributed by atoms with Crippen molar-refractivity contribution in [2.24, 2.45) is 0 Å². The molecule has 2 nitrogen and oxygen atoms in total. The fourth-order valence-corrected chi connectivity index (χ4v) is 8.48. The lowest BCUT2D eigenvalue weighted by Gasteiger charge is -2.22. The Kier molecular flexibility index (Phi) is 5.12. The van der Waals surface area contributed by atoms with Crippen LogP contribution in [0.15, 0.2) is 109 Å². The van der Waals surface area contributed by atoms with Gasteiger partial charge in [-0.05, 0) is 79.9 Å². The average molecular weight is 581 g/mol. The number of hydrogen-bond acceptors (Lipinski definition) is 2. The van der Waals surface area contributed by atoms with Crippen molar-refractivity contribution in [1.29, 1.82) is 0 Å². The first kappa shape index (κ1) is 26.6. The van der Waals surface area contributed by atoms with Crippen LogP contribution >= 0.6 is 0 Å². The molecular weight excluding hydrogens is 544 g/mol. The zero-order valence-corrected chi connectivity index (χ0v) is 26.8. The lowest BCUT2D eigenvalue weighted by atomic mass is 9.81. The molecule has 4 aromatic carbocycles. The van der Waals surface area contributed by atoms with Gasteiger partial charge in [0.15, 0.2) is 0 Å². The quantitative estimate of drug-likeness (QED) is 0.204. The molecule has 218 valence electrons. The highest BCUT2D eigenvalue weighted by Crippen LogP contribution is 2.52. The Hall–Kier alpha value is -4.82. The van der Waals surface area contributed by atoms with Crippen molar-refractivity contribution in [3.63, 3.8) is 0 Å². The monoisotopic (exact) mass is 580 g/mol. The van der Waals surface area contributed by atoms with E-state index in [9.17, 15) is 0 Å².